The van der Waals surface area contributed by atoms with E-state index in [1.165, 1.54) is 11.3 Å². The molecule has 0 aliphatic carbocycles. The van der Waals surface area contributed by atoms with Crippen molar-refractivity contribution in [2.75, 3.05) is 0 Å². The van der Waals surface area contributed by atoms with Crippen LogP contribution in [0.3, 0.4) is 0 Å². The molecule has 0 amide bonds. The maximum absolute atomic E-state index is 4.56. The van der Waals surface area contributed by atoms with Crippen LogP contribution in [0.4, 0.5) is 0 Å². The highest BCUT2D eigenvalue weighted by atomic mass is 15.3. The van der Waals surface area contributed by atoms with Crippen molar-refractivity contribution in [2.24, 2.45) is 0 Å². The monoisotopic (exact) mass is 203 g/mol. The average Bonchev–Trinajstić information content (AvgIpc) is 2.62. The number of hydrogen-bond acceptors (Lipinski definition) is 2. The summed E-state index contributed by atoms with van der Waals surface area (Å²) in [7, 11) is 0. The standard InChI is InChI=1S/C12H17N3/c1-5-10-7-12-13-9(4)8(3)11(6-2)15(12)14-10/h7H,5-6H2,1-4H3. The van der Waals surface area contributed by atoms with Gasteiger partial charge < -0.3 is 0 Å². The van der Waals surface area contributed by atoms with Gasteiger partial charge in [0.2, 0.25) is 0 Å². The van der Waals surface area contributed by atoms with Crippen molar-refractivity contribution >= 4 is 5.65 Å². The van der Waals surface area contributed by atoms with E-state index in [-0.39, 0.29) is 0 Å². The lowest BCUT2D eigenvalue weighted by Crippen LogP contribution is -2.05. The van der Waals surface area contributed by atoms with E-state index in [0.717, 1.165) is 29.9 Å². The summed E-state index contributed by atoms with van der Waals surface area (Å²) < 4.78 is 1.99. The van der Waals surface area contributed by atoms with Crippen molar-refractivity contribution in [2.45, 2.75) is 40.5 Å². The van der Waals surface area contributed by atoms with Gasteiger partial charge in [-0.05, 0) is 32.3 Å². The molecule has 0 bridgehead atoms. The first kappa shape index (κ1) is 10.1. The minimum Gasteiger partial charge on any atom is -0.234 e. The molecule has 15 heavy (non-hydrogen) atoms. The lowest BCUT2D eigenvalue weighted by atomic mass is 10.1. The molecule has 0 saturated heterocycles. The van der Waals surface area contributed by atoms with Crippen LogP contribution in [-0.4, -0.2) is 14.6 Å². The molecule has 0 radical (unpaired) electrons. The second-order valence-electron chi connectivity index (χ2n) is 3.88. The van der Waals surface area contributed by atoms with E-state index in [2.05, 4.69) is 43.8 Å². The molecule has 0 aromatic carbocycles. The number of aryl methyl sites for hydroxylation is 3. The zero-order valence-corrected chi connectivity index (χ0v) is 9.83. The number of nitrogens with zero attached hydrogens (tertiary/aromatic N) is 3. The summed E-state index contributed by atoms with van der Waals surface area (Å²) in [5, 5.41) is 4.56. The number of aromatic nitrogens is 3. The Morgan fingerprint density at radius 3 is 2.53 bits per heavy atom. The van der Waals surface area contributed by atoms with Gasteiger partial charge >= 0.3 is 0 Å². The van der Waals surface area contributed by atoms with E-state index in [1.54, 1.807) is 0 Å². The first-order chi connectivity index (χ1) is 7.17. The lowest BCUT2D eigenvalue weighted by Gasteiger charge is -2.08. The van der Waals surface area contributed by atoms with Crippen molar-refractivity contribution in [1.29, 1.82) is 0 Å². The zero-order valence-electron chi connectivity index (χ0n) is 9.83. The minimum absolute atomic E-state index is 0.963. The Labute approximate surface area is 90.1 Å². The van der Waals surface area contributed by atoms with Gasteiger partial charge in [-0.2, -0.15) is 5.10 Å². The van der Waals surface area contributed by atoms with Crippen LogP contribution in [0.5, 0.6) is 0 Å². The summed E-state index contributed by atoms with van der Waals surface area (Å²) in [6, 6.07) is 2.08. The zero-order chi connectivity index (χ0) is 11.0. The molecule has 0 atom stereocenters. The van der Waals surface area contributed by atoms with Crippen molar-refractivity contribution < 1.29 is 0 Å². The largest absolute Gasteiger partial charge is 0.234 e. The van der Waals surface area contributed by atoms with Crippen LogP contribution in [0.15, 0.2) is 6.07 Å². The van der Waals surface area contributed by atoms with E-state index in [0.29, 0.717) is 0 Å². The van der Waals surface area contributed by atoms with Gasteiger partial charge in [0.05, 0.1) is 5.69 Å². The second-order valence-corrected chi connectivity index (χ2v) is 3.88. The smallest absolute Gasteiger partial charge is 0.155 e. The summed E-state index contributed by atoms with van der Waals surface area (Å²) in [6.07, 6.45) is 1.96. The molecule has 2 rings (SSSR count). The predicted molar refractivity (Wildman–Crippen MR) is 61.2 cm³/mol. The number of rotatable bonds is 2. The van der Waals surface area contributed by atoms with Gasteiger partial charge in [-0.15, -0.1) is 0 Å². The van der Waals surface area contributed by atoms with Crippen LogP contribution >= 0.6 is 0 Å². The van der Waals surface area contributed by atoms with Crippen molar-refractivity contribution in [3.05, 3.63) is 28.7 Å². The van der Waals surface area contributed by atoms with E-state index in [9.17, 15) is 0 Å². The van der Waals surface area contributed by atoms with Crippen molar-refractivity contribution in [1.82, 2.24) is 14.6 Å². The van der Waals surface area contributed by atoms with Gasteiger partial charge in [-0.3, -0.25) is 0 Å². The third-order valence-corrected chi connectivity index (χ3v) is 2.95. The molecule has 0 spiro atoms. The molecule has 0 aliphatic rings. The summed E-state index contributed by atoms with van der Waals surface area (Å²) in [5.41, 5.74) is 5.74. The van der Waals surface area contributed by atoms with E-state index in [1.807, 2.05) is 4.52 Å². The highest BCUT2D eigenvalue weighted by Crippen LogP contribution is 2.15. The van der Waals surface area contributed by atoms with E-state index >= 15 is 0 Å². The fraction of sp³-hybridized carbons (Fsp3) is 0.500. The van der Waals surface area contributed by atoms with E-state index in [4.69, 9.17) is 0 Å². The maximum Gasteiger partial charge on any atom is 0.155 e. The Balaban J connectivity index is 2.79. The molecule has 3 heteroatoms. The Morgan fingerprint density at radius 2 is 1.93 bits per heavy atom. The Morgan fingerprint density at radius 1 is 1.20 bits per heavy atom. The average molecular weight is 203 g/mol. The van der Waals surface area contributed by atoms with Crippen LogP contribution in [-0.2, 0) is 12.8 Å². The van der Waals surface area contributed by atoms with Crippen LogP contribution < -0.4 is 0 Å². The van der Waals surface area contributed by atoms with Gasteiger partial charge in [0.15, 0.2) is 5.65 Å². The normalized spacial score (nSPS) is 11.2. The van der Waals surface area contributed by atoms with Gasteiger partial charge in [-0.25, -0.2) is 9.50 Å². The SMILES string of the molecule is CCc1cc2nc(C)c(C)c(CC)n2n1. The van der Waals surface area contributed by atoms with Gasteiger partial charge in [-0.1, -0.05) is 13.8 Å². The fourth-order valence-corrected chi connectivity index (χ4v) is 1.91. The van der Waals surface area contributed by atoms with Crippen LogP contribution in [0, 0.1) is 13.8 Å². The molecular formula is C12H17N3. The van der Waals surface area contributed by atoms with E-state index < -0.39 is 0 Å². The van der Waals surface area contributed by atoms with Gasteiger partial charge in [0, 0.05) is 17.5 Å². The molecular weight excluding hydrogens is 186 g/mol. The topological polar surface area (TPSA) is 30.2 Å². The summed E-state index contributed by atoms with van der Waals surface area (Å²) in [5.74, 6) is 0. The highest BCUT2D eigenvalue weighted by Gasteiger charge is 2.09. The summed E-state index contributed by atoms with van der Waals surface area (Å²) in [4.78, 5) is 4.55. The second kappa shape index (κ2) is 3.65. The van der Waals surface area contributed by atoms with Crippen LogP contribution in [0.25, 0.3) is 5.65 Å². The summed E-state index contributed by atoms with van der Waals surface area (Å²) >= 11 is 0. The molecule has 0 saturated carbocycles. The molecule has 80 valence electrons. The molecule has 0 unspecified atom stereocenters. The Hall–Kier alpha value is -1.38. The molecule has 2 heterocycles. The first-order valence-electron chi connectivity index (χ1n) is 5.52. The van der Waals surface area contributed by atoms with Crippen LogP contribution in [0.2, 0.25) is 0 Å². The highest BCUT2D eigenvalue weighted by molar-refractivity contribution is 5.44. The molecule has 0 N–H and O–H groups in total. The molecule has 0 aliphatic heterocycles. The third kappa shape index (κ3) is 1.52. The van der Waals surface area contributed by atoms with Crippen molar-refractivity contribution in [3.63, 3.8) is 0 Å². The first-order valence-corrected chi connectivity index (χ1v) is 5.52. The Kier molecular flexibility index (Phi) is 2.47. The van der Waals surface area contributed by atoms with Gasteiger partial charge in [0.25, 0.3) is 0 Å². The number of hydrogen-bond donors (Lipinski definition) is 0. The molecule has 0 fully saturated rings. The van der Waals surface area contributed by atoms with Gasteiger partial charge in [0.1, 0.15) is 0 Å². The quantitative estimate of drug-likeness (QED) is 0.750. The Bertz CT molecular complexity index is 497. The molecule has 2 aromatic rings. The third-order valence-electron chi connectivity index (χ3n) is 2.95. The summed E-state index contributed by atoms with van der Waals surface area (Å²) in [6.45, 7) is 8.46. The predicted octanol–water partition coefficient (Wildman–Crippen LogP) is 2.47. The van der Waals surface area contributed by atoms with Crippen LogP contribution in [0.1, 0.15) is 36.5 Å². The molecule has 2 aromatic heterocycles. The maximum atomic E-state index is 4.56. The molecule has 3 nitrogen and oxygen atoms in total. The fourth-order valence-electron chi connectivity index (χ4n) is 1.91. The lowest BCUT2D eigenvalue weighted by molar-refractivity contribution is 0.805. The van der Waals surface area contributed by atoms with Crippen molar-refractivity contribution in [3.8, 4) is 0 Å². The number of fused-ring (bicyclic) bond motifs is 1. The minimum atomic E-state index is 0.963.